The average molecular weight is 295 g/mol. The van der Waals surface area contributed by atoms with E-state index < -0.39 is 5.76 Å². The molecule has 0 saturated heterocycles. The van der Waals surface area contributed by atoms with E-state index in [4.69, 9.17) is 9.15 Å². The molecule has 0 radical (unpaired) electrons. The van der Waals surface area contributed by atoms with Gasteiger partial charge in [-0.1, -0.05) is 18.2 Å². The number of ketones is 1. The predicted molar refractivity (Wildman–Crippen MR) is 83.2 cm³/mol. The number of ether oxygens (including phenoxy) is 1. The Labute approximate surface area is 125 Å². The summed E-state index contributed by atoms with van der Waals surface area (Å²) in [5, 5.41) is 0. The number of methoxy groups -OCH3 is 1. The van der Waals surface area contributed by atoms with Gasteiger partial charge in [-0.15, -0.1) is 0 Å². The fourth-order valence-electron chi connectivity index (χ4n) is 2.11. The molecule has 3 rings (SSSR count). The number of hydrogen-bond donors (Lipinski definition) is 1. The number of fused-ring (bicyclic) bond motifs is 1. The number of carbonyl (C=O) groups excluding carboxylic acids is 1. The summed E-state index contributed by atoms with van der Waals surface area (Å²) in [6.45, 7) is 0. The molecule has 2 aromatic carbocycles. The van der Waals surface area contributed by atoms with Crippen molar-refractivity contribution in [1.82, 2.24) is 4.98 Å². The van der Waals surface area contributed by atoms with Gasteiger partial charge in [0.25, 0.3) is 0 Å². The first-order chi connectivity index (χ1) is 10.7. The van der Waals surface area contributed by atoms with E-state index >= 15 is 0 Å². The van der Waals surface area contributed by atoms with Crippen LogP contribution in [0.2, 0.25) is 0 Å². The Morgan fingerprint density at radius 2 is 2.09 bits per heavy atom. The van der Waals surface area contributed by atoms with E-state index in [0.29, 0.717) is 16.7 Å². The van der Waals surface area contributed by atoms with Crippen molar-refractivity contribution >= 4 is 23.0 Å². The Kier molecular flexibility index (Phi) is 3.62. The minimum Gasteiger partial charge on any atom is -0.497 e. The zero-order valence-corrected chi connectivity index (χ0v) is 11.8. The molecule has 110 valence electrons. The lowest BCUT2D eigenvalue weighted by molar-refractivity contribution is 0.104. The molecule has 3 aromatic rings. The van der Waals surface area contributed by atoms with Crippen molar-refractivity contribution in [2.24, 2.45) is 0 Å². The second-order valence-corrected chi connectivity index (χ2v) is 4.70. The van der Waals surface area contributed by atoms with Crippen LogP contribution in [0.15, 0.2) is 57.8 Å². The molecule has 0 unspecified atom stereocenters. The molecule has 0 aliphatic rings. The molecule has 1 heterocycles. The topological polar surface area (TPSA) is 72.3 Å². The quantitative estimate of drug-likeness (QED) is 0.593. The minimum atomic E-state index is -0.536. The van der Waals surface area contributed by atoms with E-state index in [1.807, 2.05) is 24.3 Å². The van der Waals surface area contributed by atoms with E-state index in [-0.39, 0.29) is 5.78 Å². The van der Waals surface area contributed by atoms with Crippen molar-refractivity contribution in [1.29, 1.82) is 0 Å². The molecular formula is C17H13NO4. The highest BCUT2D eigenvalue weighted by atomic mass is 16.5. The maximum absolute atomic E-state index is 12.2. The van der Waals surface area contributed by atoms with Crippen molar-refractivity contribution < 1.29 is 13.9 Å². The van der Waals surface area contributed by atoms with Gasteiger partial charge in [0.05, 0.1) is 12.6 Å². The van der Waals surface area contributed by atoms with Crippen LogP contribution in [0.5, 0.6) is 5.75 Å². The first-order valence-electron chi connectivity index (χ1n) is 6.65. The van der Waals surface area contributed by atoms with Crippen LogP contribution in [0.1, 0.15) is 15.9 Å². The fourth-order valence-corrected chi connectivity index (χ4v) is 2.11. The van der Waals surface area contributed by atoms with Crippen LogP contribution >= 0.6 is 0 Å². The lowest BCUT2D eigenvalue weighted by Crippen LogP contribution is -1.93. The van der Waals surface area contributed by atoms with Gasteiger partial charge in [-0.05, 0) is 42.0 Å². The monoisotopic (exact) mass is 295 g/mol. The summed E-state index contributed by atoms with van der Waals surface area (Å²) in [6, 6.07) is 12.2. The minimum absolute atomic E-state index is 0.173. The number of oxazole rings is 1. The molecule has 5 heteroatoms. The summed E-state index contributed by atoms with van der Waals surface area (Å²) < 4.78 is 10.1. The van der Waals surface area contributed by atoms with Gasteiger partial charge in [0.15, 0.2) is 11.4 Å². The van der Waals surface area contributed by atoms with E-state index in [9.17, 15) is 9.59 Å². The van der Waals surface area contributed by atoms with Crippen LogP contribution in [0.3, 0.4) is 0 Å². The van der Waals surface area contributed by atoms with Gasteiger partial charge in [-0.25, -0.2) is 4.79 Å². The molecule has 0 spiro atoms. The maximum Gasteiger partial charge on any atom is 0.417 e. The van der Waals surface area contributed by atoms with Gasteiger partial charge in [0, 0.05) is 5.56 Å². The molecule has 0 aliphatic carbocycles. The van der Waals surface area contributed by atoms with Gasteiger partial charge in [0.2, 0.25) is 0 Å². The Balaban J connectivity index is 1.85. The molecule has 22 heavy (non-hydrogen) atoms. The average Bonchev–Trinajstić information content (AvgIpc) is 2.91. The summed E-state index contributed by atoms with van der Waals surface area (Å²) in [7, 11) is 1.59. The number of allylic oxidation sites excluding steroid dienone is 1. The smallest absolute Gasteiger partial charge is 0.417 e. The van der Waals surface area contributed by atoms with Crippen LogP contribution < -0.4 is 10.5 Å². The zero-order chi connectivity index (χ0) is 15.5. The number of nitrogens with one attached hydrogen (secondary N) is 1. The van der Waals surface area contributed by atoms with Crippen LogP contribution in [0.25, 0.3) is 17.2 Å². The highest BCUT2D eigenvalue weighted by Gasteiger charge is 2.06. The highest BCUT2D eigenvalue weighted by molar-refractivity contribution is 6.08. The molecule has 1 aromatic heterocycles. The largest absolute Gasteiger partial charge is 0.497 e. The first kappa shape index (κ1) is 13.9. The Hall–Kier alpha value is -3.08. The number of rotatable bonds is 4. The first-order valence-corrected chi connectivity index (χ1v) is 6.65. The number of carbonyl (C=O) groups is 1. The number of H-pyrrole nitrogens is 1. The van der Waals surface area contributed by atoms with Gasteiger partial charge >= 0.3 is 5.76 Å². The third-order valence-electron chi connectivity index (χ3n) is 3.23. The third kappa shape index (κ3) is 2.83. The predicted octanol–water partition coefficient (Wildman–Crippen LogP) is 3.03. The van der Waals surface area contributed by atoms with Gasteiger partial charge < -0.3 is 9.15 Å². The van der Waals surface area contributed by atoms with Crippen molar-refractivity contribution in [2.75, 3.05) is 7.11 Å². The molecule has 0 bridgehead atoms. The molecule has 1 N–H and O–H groups in total. The molecule has 0 atom stereocenters. The van der Waals surface area contributed by atoms with E-state index in [0.717, 1.165) is 11.3 Å². The number of benzene rings is 2. The van der Waals surface area contributed by atoms with E-state index in [2.05, 4.69) is 4.98 Å². The summed E-state index contributed by atoms with van der Waals surface area (Å²) in [6.07, 6.45) is 3.18. The third-order valence-corrected chi connectivity index (χ3v) is 3.23. The Morgan fingerprint density at radius 1 is 1.23 bits per heavy atom. The van der Waals surface area contributed by atoms with Crippen molar-refractivity contribution in [3.8, 4) is 5.75 Å². The SMILES string of the molecule is COc1cccc(/C=C/C(=O)c2ccc3[nH]c(=O)oc3c2)c1. The van der Waals surface area contributed by atoms with Gasteiger partial charge in [-0.3, -0.25) is 9.78 Å². The van der Waals surface area contributed by atoms with Crippen LogP contribution in [0.4, 0.5) is 0 Å². The van der Waals surface area contributed by atoms with Crippen LogP contribution in [-0.2, 0) is 0 Å². The van der Waals surface area contributed by atoms with Crippen molar-refractivity contribution in [2.45, 2.75) is 0 Å². The maximum atomic E-state index is 12.2. The normalized spacial score (nSPS) is 11.1. The summed E-state index contributed by atoms with van der Waals surface area (Å²) in [5.41, 5.74) is 2.25. The summed E-state index contributed by atoms with van der Waals surface area (Å²) in [4.78, 5) is 25.8. The number of hydrogen-bond acceptors (Lipinski definition) is 4. The summed E-state index contributed by atoms with van der Waals surface area (Å²) in [5.74, 6) is 0.0187. The molecule has 5 nitrogen and oxygen atoms in total. The Morgan fingerprint density at radius 3 is 2.91 bits per heavy atom. The van der Waals surface area contributed by atoms with Crippen LogP contribution in [0, 0.1) is 0 Å². The van der Waals surface area contributed by atoms with Gasteiger partial charge in [0.1, 0.15) is 5.75 Å². The number of aromatic nitrogens is 1. The Bertz CT molecular complexity index is 918. The van der Waals surface area contributed by atoms with Crippen molar-refractivity contribution in [3.05, 3.63) is 70.2 Å². The molecule has 0 fully saturated rings. The molecule has 0 aliphatic heterocycles. The number of aromatic amines is 1. The highest BCUT2D eigenvalue weighted by Crippen LogP contribution is 2.16. The molecule has 0 amide bonds. The second-order valence-electron chi connectivity index (χ2n) is 4.70. The zero-order valence-electron chi connectivity index (χ0n) is 11.8. The summed E-state index contributed by atoms with van der Waals surface area (Å²) >= 11 is 0. The second kappa shape index (κ2) is 5.73. The fraction of sp³-hybridized carbons (Fsp3) is 0.0588. The van der Waals surface area contributed by atoms with Crippen LogP contribution in [-0.4, -0.2) is 17.9 Å². The lowest BCUT2D eigenvalue weighted by atomic mass is 10.1. The van der Waals surface area contributed by atoms with E-state index in [1.165, 1.54) is 6.08 Å². The molecular weight excluding hydrogens is 282 g/mol. The standard InChI is InChI=1S/C17H13NO4/c1-21-13-4-2-3-11(9-13)5-8-15(19)12-6-7-14-16(10-12)22-17(20)18-14/h2-10H,1H3,(H,18,20)/b8-5+. The van der Waals surface area contributed by atoms with Crippen molar-refractivity contribution in [3.63, 3.8) is 0 Å². The molecule has 0 saturated carbocycles. The van der Waals surface area contributed by atoms with E-state index in [1.54, 1.807) is 31.4 Å². The van der Waals surface area contributed by atoms with Gasteiger partial charge in [-0.2, -0.15) is 0 Å². The lowest BCUT2D eigenvalue weighted by Gasteiger charge is -2.00.